The Balaban J connectivity index is 1.83. The SMILES string of the molecule is CC[C@@H]1Cc2cc(OCC3CC3)c(OC)cc2-c2cc(=O)c(C(=O)O)cn21. The normalized spacial score (nSPS) is 17.8. The molecule has 142 valence electrons. The maximum Gasteiger partial charge on any atom is 0.341 e. The Hall–Kier alpha value is -2.76. The van der Waals surface area contributed by atoms with Crippen molar-refractivity contribution in [3.05, 3.63) is 45.7 Å². The number of carboxylic acids is 1. The van der Waals surface area contributed by atoms with Gasteiger partial charge in [0.1, 0.15) is 5.56 Å². The van der Waals surface area contributed by atoms with Crippen LogP contribution >= 0.6 is 0 Å². The zero-order valence-electron chi connectivity index (χ0n) is 15.5. The number of rotatable bonds is 6. The van der Waals surface area contributed by atoms with Crippen LogP contribution in [0, 0.1) is 5.92 Å². The predicted molar refractivity (Wildman–Crippen MR) is 101 cm³/mol. The fourth-order valence-corrected chi connectivity index (χ4v) is 3.70. The van der Waals surface area contributed by atoms with Gasteiger partial charge in [0.15, 0.2) is 16.9 Å². The Morgan fingerprint density at radius 1 is 1.26 bits per heavy atom. The highest BCUT2D eigenvalue weighted by atomic mass is 16.5. The third-order valence-electron chi connectivity index (χ3n) is 5.47. The average molecular weight is 369 g/mol. The van der Waals surface area contributed by atoms with Gasteiger partial charge in [-0.05, 0) is 49.3 Å². The number of aromatic nitrogens is 1. The molecule has 2 heterocycles. The second kappa shape index (κ2) is 6.76. The van der Waals surface area contributed by atoms with Gasteiger partial charge in [-0.3, -0.25) is 4.79 Å². The molecule has 1 atom stereocenters. The molecule has 27 heavy (non-hydrogen) atoms. The number of hydrogen-bond acceptors (Lipinski definition) is 4. The van der Waals surface area contributed by atoms with E-state index >= 15 is 0 Å². The quantitative estimate of drug-likeness (QED) is 0.843. The van der Waals surface area contributed by atoms with Gasteiger partial charge in [0.2, 0.25) is 0 Å². The lowest BCUT2D eigenvalue weighted by molar-refractivity contribution is 0.0694. The Bertz CT molecular complexity index is 958. The highest BCUT2D eigenvalue weighted by Gasteiger charge is 2.28. The summed E-state index contributed by atoms with van der Waals surface area (Å²) in [5.74, 6) is 0.807. The van der Waals surface area contributed by atoms with Crippen LogP contribution in [0.4, 0.5) is 0 Å². The largest absolute Gasteiger partial charge is 0.493 e. The summed E-state index contributed by atoms with van der Waals surface area (Å²) in [7, 11) is 1.60. The van der Waals surface area contributed by atoms with Crippen molar-refractivity contribution in [1.29, 1.82) is 0 Å². The summed E-state index contributed by atoms with van der Waals surface area (Å²) in [4.78, 5) is 23.7. The standard InChI is InChI=1S/C21H23NO5/c1-3-14-6-13-7-20(27-11-12-4-5-12)19(26-2)8-15(13)17-9-18(23)16(21(24)25)10-22(14)17/h7-10,12,14H,3-6,11H2,1-2H3,(H,24,25)/t14-/m1/s1. The number of pyridine rings is 1. The molecule has 1 aromatic carbocycles. The van der Waals surface area contributed by atoms with Crippen LogP contribution in [0.3, 0.4) is 0 Å². The molecule has 6 heteroatoms. The number of carboxylic acid groups (broad SMARTS) is 1. The van der Waals surface area contributed by atoms with E-state index in [1.54, 1.807) is 7.11 Å². The summed E-state index contributed by atoms with van der Waals surface area (Å²) in [6.45, 7) is 2.76. The van der Waals surface area contributed by atoms with Gasteiger partial charge in [0.25, 0.3) is 0 Å². The Morgan fingerprint density at radius 3 is 2.67 bits per heavy atom. The molecular weight excluding hydrogens is 346 g/mol. The number of fused-ring (bicyclic) bond motifs is 3. The first-order valence-corrected chi connectivity index (χ1v) is 9.35. The Kier molecular flexibility index (Phi) is 4.42. The van der Waals surface area contributed by atoms with Crippen molar-refractivity contribution < 1.29 is 19.4 Å². The number of methoxy groups -OCH3 is 1. The molecule has 6 nitrogen and oxygen atoms in total. The number of benzene rings is 1. The number of ether oxygens (including phenoxy) is 2. The van der Waals surface area contributed by atoms with E-state index in [1.165, 1.54) is 25.1 Å². The minimum Gasteiger partial charge on any atom is -0.493 e. The van der Waals surface area contributed by atoms with Gasteiger partial charge >= 0.3 is 5.97 Å². The Labute approximate surface area is 157 Å². The van der Waals surface area contributed by atoms with Crippen LogP contribution < -0.4 is 14.9 Å². The van der Waals surface area contributed by atoms with Gasteiger partial charge in [-0.15, -0.1) is 0 Å². The van der Waals surface area contributed by atoms with Gasteiger partial charge < -0.3 is 19.1 Å². The molecule has 0 unspecified atom stereocenters. The summed E-state index contributed by atoms with van der Waals surface area (Å²) in [5.41, 5.74) is 2.03. The Morgan fingerprint density at radius 2 is 2.04 bits per heavy atom. The monoisotopic (exact) mass is 369 g/mol. The fourth-order valence-electron chi connectivity index (χ4n) is 3.70. The van der Waals surface area contributed by atoms with Crippen molar-refractivity contribution in [2.75, 3.05) is 13.7 Å². The molecule has 2 aliphatic rings. The van der Waals surface area contributed by atoms with Crippen molar-refractivity contribution in [2.45, 2.75) is 38.6 Å². The molecule has 2 aromatic rings. The molecule has 1 aliphatic carbocycles. The van der Waals surface area contributed by atoms with E-state index in [9.17, 15) is 14.7 Å². The molecule has 0 bridgehead atoms. The van der Waals surface area contributed by atoms with Crippen molar-refractivity contribution >= 4 is 5.97 Å². The zero-order valence-corrected chi connectivity index (χ0v) is 15.5. The first kappa shape index (κ1) is 17.6. The van der Waals surface area contributed by atoms with E-state index in [2.05, 4.69) is 6.92 Å². The van der Waals surface area contributed by atoms with Crippen LogP contribution in [0.1, 0.15) is 48.1 Å². The molecule has 1 aliphatic heterocycles. The number of hydrogen-bond donors (Lipinski definition) is 1. The lowest BCUT2D eigenvalue weighted by Gasteiger charge is -2.31. The van der Waals surface area contributed by atoms with E-state index in [0.717, 1.165) is 35.4 Å². The number of nitrogens with zero attached hydrogens (tertiary/aromatic N) is 1. The molecule has 0 amide bonds. The minimum absolute atomic E-state index is 0.0934. The van der Waals surface area contributed by atoms with E-state index < -0.39 is 11.4 Å². The third-order valence-corrected chi connectivity index (χ3v) is 5.47. The molecule has 1 fully saturated rings. The topological polar surface area (TPSA) is 77.8 Å². The molecule has 0 saturated heterocycles. The minimum atomic E-state index is -1.20. The van der Waals surface area contributed by atoms with E-state index in [1.807, 2.05) is 16.7 Å². The van der Waals surface area contributed by atoms with E-state index in [-0.39, 0.29) is 11.6 Å². The summed E-state index contributed by atoms with van der Waals surface area (Å²) < 4.78 is 13.4. The number of carbonyl (C=O) groups is 1. The molecule has 0 radical (unpaired) electrons. The van der Waals surface area contributed by atoms with Crippen molar-refractivity contribution in [3.8, 4) is 22.8 Å². The molecule has 1 N–H and O–H groups in total. The first-order valence-electron chi connectivity index (χ1n) is 9.35. The van der Waals surface area contributed by atoms with Gasteiger partial charge in [0, 0.05) is 23.9 Å². The van der Waals surface area contributed by atoms with Crippen LogP contribution in [0.5, 0.6) is 11.5 Å². The van der Waals surface area contributed by atoms with Gasteiger partial charge in [-0.2, -0.15) is 0 Å². The van der Waals surface area contributed by atoms with E-state index in [0.29, 0.717) is 18.3 Å². The lowest BCUT2D eigenvalue weighted by Crippen LogP contribution is -2.25. The van der Waals surface area contributed by atoms with Crippen LogP contribution in [0.2, 0.25) is 0 Å². The number of aromatic carboxylic acids is 1. The fraction of sp³-hybridized carbons (Fsp3) is 0.429. The second-order valence-corrected chi connectivity index (χ2v) is 7.33. The van der Waals surface area contributed by atoms with Crippen molar-refractivity contribution in [1.82, 2.24) is 4.57 Å². The van der Waals surface area contributed by atoms with Crippen molar-refractivity contribution in [2.24, 2.45) is 5.92 Å². The van der Waals surface area contributed by atoms with Gasteiger partial charge in [0.05, 0.1) is 19.4 Å². The average Bonchev–Trinajstić information content (AvgIpc) is 3.48. The summed E-state index contributed by atoms with van der Waals surface area (Å²) >= 11 is 0. The molecular formula is C21H23NO5. The second-order valence-electron chi connectivity index (χ2n) is 7.33. The third kappa shape index (κ3) is 3.20. The van der Waals surface area contributed by atoms with Gasteiger partial charge in [-0.25, -0.2) is 4.79 Å². The highest BCUT2D eigenvalue weighted by molar-refractivity contribution is 5.87. The van der Waals surface area contributed by atoms with Crippen LogP contribution in [-0.2, 0) is 6.42 Å². The predicted octanol–water partition coefficient (Wildman–Crippen LogP) is 3.52. The highest BCUT2D eigenvalue weighted by Crippen LogP contribution is 2.42. The molecule has 4 rings (SSSR count). The molecule has 0 spiro atoms. The first-order chi connectivity index (χ1) is 13.0. The maximum absolute atomic E-state index is 12.3. The summed E-state index contributed by atoms with van der Waals surface area (Å²) in [6, 6.07) is 5.43. The van der Waals surface area contributed by atoms with Crippen molar-refractivity contribution in [3.63, 3.8) is 0 Å². The molecule has 1 saturated carbocycles. The summed E-state index contributed by atoms with van der Waals surface area (Å²) in [5, 5.41) is 9.30. The van der Waals surface area contributed by atoms with Crippen LogP contribution in [0.25, 0.3) is 11.3 Å². The lowest BCUT2D eigenvalue weighted by atomic mass is 9.90. The maximum atomic E-state index is 12.3. The zero-order chi connectivity index (χ0) is 19.1. The summed E-state index contributed by atoms with van der Waals surface area (Å²) in [6.07, 6.45) is 5.49. The van der Waals surface area contributed by atoms with Crippen LogP contribution in [0.15, 0.2) is 29.2 Å². The van der Waals surface area contributed by atoms with E-state index in [4.69, 9.17) is 9.47 Å². The smallest absolute Gasteiger partial charge is 0.341 e. The van der Waals surface area contributed by atoms with Gasteiger partial charge in [-0.1, -0.05) is 6.92 Å². The molecule has 1 aromatic heterocycles. The van der Waals surface area contributed by atoms with Crippen LogP contribution in [-0.4, -0.2) is 29.4 Å².